The molecular formula is C19H23BN+. The summed E-state index contributed by atoms with van der Waals surface area (Å²) in [4.78, 5) is 0. The average molecular weight is 276 g/mol. The zero-order chi connectivity index (χ0) is 14.4. The van der Waals surface area contributed by atoms with Gasteiger partial charge in [-0.1, -0.05) is 30.9 Å². The van der Waals surface area contributed by atoms with E-state index in [4.69, 9.17) is 0 Å². The third kappa shape index (κ3) is 2.31. The van der Waals surface area contributed by atoms with Gasteiger partial charge in [0.1, 0.15) is 14.3 Å². The van der Waals surface area contributed by atoms with Gasteiger partial charge < -0.3 is 0 Å². The Hall–Kier alpha value is -1.57. The minimum Gasteiger partial charge on any atom is -0.205 e. The van der Waals surface area contributed by atoms with Crippen LogP contribution in [-0.4, -0.2) is 7.28 Å². The third-order valence-electron chi connectivity index (χ3n) is 5.37. The molecule has 1 aliphatic carbocycles. The lowest BCUT2D eigenvalue weighted by Crippen LogP contribution is -2.33. The smallest absolute Gasteiger partial charge is 0.176 e. The normalized spacial score (nSPS) is 23.3. The maximum absolute atomic E-state index is 2.35. The summed E-state index contributed by atoms with van der Waals surface area (Å²) in [6.07, 6.45) is 7.53. The summed E-state index contributed by atoms with van der Waals surface area (Å²) < 4.78 is 2.35. The van der Waals surface area contributed by atoms with E-state index in [-0.39, 0.29) is 0 Å². The van der Waals surface area contributed by atoms with E-state index in [1.807, 2.05) is 0 Å². The van der Waals surface area contributed by atoms with Crippen LogP contribution in [0.4, 0.5) is 0 Å². The van der Waals surface area contributed by atoms with Crippen LogP contribution in [-0.2, 0) is 19.9 Å². The molecule has 1 aliphatic heterocycles. The van der Waals surface area contributed by atoms with Crippen LogP contribution >= 0.6 is 0 Å². The first-order valence-electron chi connectivity index (χ1n) is 8.35. The van der Waals surface area contributed by atoms with E-state index in [1.165, 1.54) is 49.8 Å². The quantitative estimate of drug-likeness (QED) is 0.585. The van der Waals surface area contributed by atoms with Crippen LogP contribution in [0.3, 0.4) is 0 Å². The molecule has 2 aliphatic rings. The third-order valence-corrected chi connectivity index (χ3v) is 5.37. The van der Waals surface area contributed by atoms with Crippen molar-refractivity contribution in [1.29, 1.82) is 0 Å². The molecule has 2 unspecified atom stereocenters. The van der Waals surface area contributed by atoms with Gasteiger partial charge in [-0.2, -0.15) is 0 Å². The zero-order valence-corrected chi connectivity index (χ0v) is 13.1. The Morgan fingerprint density at radius 1 is 1.10 bits per heavy atom. The first-order chi connectivity index (χ1) is 10.2. The zero-order valence-electron chi connectivity index (χ0n) is 13.1. The van der Waals surface area contributed by atoms with Crippen molar-refractivity contribution in [2.24, 2.45) is 7.05 Å². The number of aryl methyl sites for hydroxylation is 2. The number of aromatic nitrogens is 1. The topological polar surface area (TPSA) is 3.88 Å². The number of hydrogen-bond acceptors (Lipinski definition) is 0. The Morgan fingerprint density at radius 3 is 2.67 bits per heavy atom. The fraction of sp³-hybridized carbons (Fsp3) is 0.421. The van der Waals surface area contributed by atoms with Crippen LogP contribution in [0.2, 0.25) is 5.82 Å². The highest BCUT2D eigenvalue weighted by atomic mass is 14.9. The van der Waals surface area contributed by atoms with Gasteiger partial charge in [0.25, 0.3) is 0 Å². The first kappa shape index (κ1) is 13.1. The van der Waals surface area contributed by atoms with Crippen LogP contribution in [0, 0.1) is 0 Å². The minimum absolute atomic E-state index is 0.786. The van der Waals surface area contributed by atoms with Crippen LogP contribution in [0.1, 0.15) is 42.4 Å². The number of nitrogens with zero attached hydrogens (tertiary/aromatic N) is 1. The summed E-state index contributed by atoms with van der Waals surface area (Å²) in [6.45, 7) is 2.35. The van der Waals surface area contributed by atoms with Crippen molar-refractivity contribution in [1.82, 2.24) is 0 Å². The number of pyridine rings is 1. The Labute approximate surface area is 128 Å². The van der Waals surface area contributed by atoms with Crippen molar-refractivity contribution in [3.05, 3.63) is 53.3 Å². The van der Waals surface area contributed by atoms with Crippen molar-refractivity contribution < 1.29 is 4.57 Å². The van der Waals surface area contributed by atoms with E-state index in [0.29, 0.717) is 0 Å². The fourth-order valence-electron chi connectivity index (χ4n) is 3.95. The molecule has 1 fully saturated rings. The summed E-state index contributed by atoms with van der Waals surface area (Å²) in [5.41, 5.74) is 7.50. The van der Waals surface area contributed by atoms with E-state index in [0.717, 1.165) is 11.6 Å². The average Bonchev–Trinajstić information content (AvgIpc) is 3.23. The van der Waals surface area contributed by atoms with Crippen molar-refractivity contribution in [3.63, 3.8) is 0 Å². The molecule has 1 aromatic heterocycles. The number of fused-ring (bicyclic) bond motifs is 1. The molecule has 2 heterocycles. The van der Waals surface area contributed by atoms with Gasteiger partial charge in [-0.15, -0.1) is 0 Å². The molecule has 0 radical (unpaired) electrons. The number of rotatable bonds is 2. The highest BCUT2D eigenvalue weighted by Crippen LogP contribution is 2.42. The molecule has 1 nitrogen and oxygen atoms in total. The predicted octanol–water partition coefficient (Wildman–Crippen LogP) is 3.36. The Kier molecular flexibility index (Phi) is 3.13. The lowest BCUT2D eigenvalue weighted by Gasteiger charge is -2.19. The van der Waals surface area contributed by atoms with Gasteiger partial charge in [-0.05, 0) is 48.4 Å². The van der Waals surface area contributed by atoms with Gasteiger partial charge in [0, 0.05) is 17.4 Å². The maximum Gasteiger partial charge on any atom is 0.176 e. The van der Waals surface area contributed by atoms with Crippen LogP contribution < -0.4 is 4.57 Å². The van der Waals surface area contributed by atoms with Crippen LogP contribution in [0.5, 0.6) is 0 Å². The molecule has 0 amide bonds. The Morgan fingerprint density at radius 2 is 1.90 bits per heavy atom. The fourth-order valence-corrected chi connectivity index (χ4v) is 3.95. The van der Waals surface area contributed by atoms with Gasteiger partial charge in [-0.25, -0.2) is 4.57 Å². The van der Waals surface area contributed by atoms with E-state index in [9.17, 15) is 0 Å². The van der Waals surface area contributed by atoms with Crippen molar-refractivity contribution >= 4 is 7.28 Å². The molecule has 0 spiro atoms. The molecule has 1 aromatic carbocycles. The number of hydrogen-bond donors (Lipinski definition) is 0. The second-order valence-corrected chi connectivity index (χ2v) is 6.92. The van der Waals surface area contributed by atoms with Gasteiger partial charge >= 0.3 is 0 Å². The maximum atomic E-state index is 2.35. The SMILES string of the molecule is CC1BC1c1ccc(-c2cccc3c2CCCC3)c[n+]1C. The largest absolute Gasteiger partial charge is 0.205 e. The van der Waals surface area contributed by atoms with Gasteiger partial charge in [0.2, 0.25) is 0 Å². The Balaban J connectivity index is 1.75. The standard InChI is InChI=1S/C19H23BN/c1-13-19(20-13)18-11-10-15(12-21(18)2)17-9-5-7-14-6-3-4-8-16(14)17/h5,7,9-13,19-20H,3-4,6,8H2,1-2H3/q+1. The van der Waals surface area contributed by atoms with Crippen LogP contribution in [0.15, 0.2) is 36.5 Å². The predicted molar refractivity (Wildman–Crippen MR) is 89.0 cm³/mol. The van der Waals surface area contributed by atoms with Crippen molar-refractivity contribution in [3.8, 4) is 11.1 Å². The van der Waals surface area contributed by atoms with Crippen molar-refractivity contribution in [2.75, 3.05) is 0 Å². The second-order valence-electron chi connectivity index (χ2n) is 6.92. The molecule has 2 atom stereocenters. The summed E-state index contributed by atoms with van der Waals surface area (Å²) in [7, 11) is 3.56. The van der Waals surface area contributed by atoms with E-state index in [1.54, 1.807) is 11.1 Å². The lowest BCUT2D eigenvalue weighted by molar-refractivity contribution is -0.678. The summed E-state index contributed by atoms with van der Waals surface area (Å²) in [6, 6.07) is 11.5. The van der Waals surface area contributed by atoms with Gasteiger partial charge in [0.05, 0.1) is 0 Å². The molecule has 2 heteroatoms. The summed E-state index contributed by atoms with van der Waals surface area (Å²) >= 11 is 0. The first-order valence-corrected chi connectivity index (χ1v) is 8.35. The van der Waals surface area contributed by atoms with E-state index < -0.39 is 0 Å². The molecule has 0 saturated carbocycles. The highest BCUT2D eigenvalue weighted by molar-refractivity contribution is 6.53. The van der Waals surface area contributed by atoms with E-state index in [2.05, 4.69) is 55.1 Å². The molecule has 21 heavy (non-hydrogen) atoms. The highest BCUT2D eigenvalue weighted by Gasteiger charge is 2.41. The monoisotopic (exact) mass is 276 g/mol. The Bertz CT molecular complexity index is 692. The van der Waals surface area contributed by atoms with Crippen molar-refractivity contribution in [2.45, 2.75) is 44.2 Å². The minimum atomic E-state index is 0.786. The van der Waals surface area contributed by atoms with Crippen LogP contribution in [0.25, 0.3) is 11.1 Å². The molecule has 1 saturated heterocycles. The summed E-state index contributed by atoms with van der Waals surface area (Å²) in [5, 5.41) is 0. The van der Waals surface area contributed by atoms with Gasteiger partial charge in [0.15, 0.2) is 11.9 Å². The molecular weight excluding hydrogens is 253 g/mol. The molecule has 106 valence electrons. The summed E-state index contributed by atoms with van der Waals surface area (Å²) in [5.74, 6) is 1.65. The number of benzene rings is 1. The lowest BCUT2D eigenvalue weighted by atomic mass is 9.86. The van der Waals surface area contributed by atoms with Gasteiger partial charge in [-0.3, -0.25) is 0 Å². The van der Waals surface area contributed by atoms with E-state index >= 15 is 0 Å². The molecule has 2 aromatic rings. The molecule has 0 bridgehead atoms. The molecule has 4 rings (SSSR count). The second kappa shape index (κ2) is 5.01. The molecule has 0 N–H and O–H groups in total.